The number of amides is 1. The van der Waals surface area contributed by atoms with Crippen LogP contribution in [0.2, 0.25) is 0 Å². The summed E-state index contributed by atoms with van der Waals surface area (Å²) in [4.78, 5) is 39.0. The minimum absolute atomic E-state index is 0.115. The molecule has 1 N–H and O–H groups in total. The number of ketones is 1. The second kappa shape index (κ2) is 9.48. The molecular weight excluding hydrogens is 423 g/mol. The number of pyridine rings is 1. The maximum absolute atomic E-state index is 13.3. The van der Waals surface area contributed by atoms with E-state index in [1.165, 1.54) is 18.3 Å². The van der Waals surface area contributed by atoms with Gasteiger partial charge in [-0.1, -0.05) is 18.2 Å². The van der Waals surface area contributed by atoms with Crippen molar-refractivity contribution in [3.8, 4) is 5.75 Å². The lowest BCUT2D eigenvalue weighted by molar-refractivity contribution is -0.116. The number of ether oxygens (including phenoxy) is 1. The van der Waals surface area contributed by atoms with Gasteiger partial charge in [-0.25, -0.2) is 4.39 Å². The van der Waals surface area contributed by atoms with Gasteiger partial charge in [-0.2, -0.15) is 0 Å². The Morgan fingerprint density at radius 1 is 1.00 bits per heavy atom. The number of anilines is 1. The van der Waals surface area contributed by atoms with E-state index in [4.69, 9.17) is 4.74 Å². The predicted molar refractivity (Wildman–Crippen MR) is 124 cm³/mol. The van der Waals surface area contributed by atoms with Crippen molar-refractivity contribution in [2.45, 2.75) is 13.5 Å². The molecule has 0 unspecified atom stereocenters. The molecule has 0 saturated carbocycles. The van der Waals surface area contributed by atoms with E-state index in [9.17, 15) is 18.8 Å². The molecular formula is C26H21FN2O4. The summed E-state index contributed by atoms with van der Waals surface area (Å²) in [6, 6.07) is 18.9. The quantitative estimate of drug-likeness (QED) is 0.429. The van der Waals surface area contributed by atoms with Crippen molar-refractivity contribution < 1.29 is 18.7 Å². The van der Waals surface area contributed by atoms with E-state index < -0.39 is 17.0 Å². The van der Waals surface area contributed by atoms with Crippen molar-refractivity contribution in [2.75, 3.05) is 11.9 Å². The molecule has 0 atom stereocenters. The lowest BCUT2D eigenvalue weighted by Crippen LogP contribution is -2.24. The van der Waals surface area contributed by atoms with Crippen molar-refractivity contribution in [2.24, 2.45) is 0 Å². The number of fused-ring (bicyclic) bond motifs is 1. The largest absolute Gasteiger partial charge is 0.494 e. The third-order valence-corrected chi connectivity index (χ3v) is 5.09. The molecule has 1 heterocycles. The lowest BCUT2D eigenvalue weighted by atomic mass is 10.0. The summed E-state index contributed by atoms with van der Waals surface area (Å²) < 4.78 is 20.4. The Balaban J connectivity index is 1.79. The van der Waals surface area contributed by atoms with Gasteiger partial charge in [0.1, 0.15) is 18.1 Å². The van der Waals surface area contributed by atoms with Gasteiger partial charge in [0.15, 0.2) is 5.78 Å². The number of nitrogens with zero attached hydrogens (tertiary/aromatic N) is 1. The highest BCUT2D eigenvalue weighted by Gasteiger charge is 2.19. The van der Waals surface area contributed by atoms with Crippen LogP contribution in [0.4, 0.5) is 10.1 Å². The molecule has 7 heteroatoms. The first-order valence-electron chi connectivity index (χ1n) is 10.4. The number of rotatable bonds is 7. The molecule has 33 heavy (non-hydrogen) atoms. The van der Waals surface area contributed by atoms with Crippen LogP contribution in [0.1, 0.15) is 22.8 Å². The van der Waals surface area contributed by atoms with E-state index in [2.05, 4.69) is 5.32 Å². The van der Waals surface area contributed by atoms with Crippen LogP contribution in [0.25, 0.3) is 10.9 Å². The smallest absolute Gasteiger partial charge is 0.244 e. The first-order valence-corrected chi connectivity index (χ1v) is 10.4. The van der Waals surface area contributed by atoms with Crippen LogP contribution in [0.3, 0.4) is 0 Å². The highest BCUT2D eigenvalue weighted by molar-refractivity contribution is 6.10. The van der Waals surface area contributed by atoms with Gasteiger partial charge in [0, 0.05) is 17.4 Å². The zero-order chi connectivity index (χ0) is 23.4. The predicted octanol–water partition coefficient (Wildman–Crippen LogP) is 4.41. The van der Waals surface area contributed by atoms with E-state index in [1.54, 1.807) is 47.0 Å². The van der Waals surface area contributed by atoms with Crippen molar-refractivity contribution in [3.05, 3.63) is 106 Å². The molecule has 3 aromatic carbocycles. The number of para-hydroxylation sites is 1. The summed E-state index contributed by atoms with van der Waals surface area (Å²) in [6.07, 6.45) is 1.38. The fourth-order valence-corrected chi connectivity index (χ4v) is 3.56. The Kier molecular flexibility index (Phi) is 6.31. The summed E-state index contributed by atoms with van der Waals surface area (Å²) >= 11 is 0. The van der Waals surface area contributed by atoms with Crippen molar-refractivity contribution in [1.29, 1.82) is 0 Å². The van der Waals surface area contributed by atoms with Crippen LogP contribution < -0.4 is 15.5 Å². The molecule has 4 aromatic rings. The molecule has 0 spiro atoms. The second-order valence-corrected chi connectivity index (χ2v) is 7.36. The summed E-state index contributed by atoms with van der Waals surface area (Å²) in [5, 5.41) is 3.05. The van der Waals surface area contributed by atoms with E-state index >= 15 is 0 Å². The molecule has 0 radical (unpaired) electrons. The van der Waals surface area contributed by atoms with Gasteiger partial charge in [-0.05, 0) is 61.5 Å². The Hall–Kier alpha value is -4.26. The maximum atomic E-state index is 13.3. The molecule has 0 aliphatic heterocycles. The fraction of sp³-hybridized carbons (Fsp3) is 0.115. The normalized spacial score (nSPS) is 10.7. The van der Waals surface area contributed by atoms with Crippen molar-refractivity contribution >= 4 is 28.3 Å². The summed E-state index contributed by atoms with van der Waals surface area (Å²) in [7, 11) is 0. The number of hydrogen-bond donors (Lipinski definition) is 1. The molecule has 6 nitrogen and oxygen atoms in total. The number of halogens is 1. The Labute approximate surface area is 189 Å². The summed E-state index contributed by atoms with van der Waals surface area (Å²) in [5.74, 6) is -0.878. The van der Waals surface area contributed by atoms with Crippen LogP contribution in [0, 0.1) is 5.82 Å². The van der Waals surface area contributed by atoms with Gasteiger partial charge in [0.2, 0.25) is 11.3 Å². The molecule has 0 aliphatic rings. The molecule has 1 amide bonds. The van der Waals surface area contributed by atoms with Crippen LogP contribution in [0.15, 0.2) is 83.8 Å². The van der Waals surface area contributed by atoms with Gasteiger partial charge in [0.05, 0.1) is 23.1 Å². The molecule has 0 aliphatic carbocycles. The number of aromatic nitrogens is 1. The topological polar surface area (TPSA) is 77.4 Å². The first kappa shape index (κ1) is 22.0. The van der Waals surface area contributed by atoms with Gasteiger partial charge >= 0.3 is 0 Å². The molecule has 4 rings (SSSR count). The number of benzene rings is 3. The number of nitrogens with one attached hydrogen (secondary N) is 1. The Bertz CT molecular complexity index is 1380. The van der Waals surface area contributed by atoms with Gasteiger partial charge in [-0.15, -0.1) is 0 Å². The highest BCUT2D eigenvalue weighted by atomic mass is 19.1. The number of hydrogen-bond acceptors (Lipinski definition) is 4. The van der Waals surface area contributed by atoms with E-state index in [-0.39, 0.29) is 29.0 Å². The molecule has 0 bridgehead atoms. The summed E-state index contributed by atoms with van der Waals surface area (Å²) in [5.41, 5.74) is 0.696. The van der Waals surface area contributed by atoms with Gasteiger partial charge in [-0.3, -0.25) is 14.4 Å². The molecule has 1 aromatic heterocycles. The number of carbonyl (C=O) groups is 2. The van der Waals surface area contributed by atoms with Crippen molar-refractivity contribution in [1.82, 2.24) is 4.57 Å². The van der Waals surface area contributed by atoms with Crippen molar-refractivity contribution in [3.63, 3.8) is 0 Å². The fourth-order valence-electron chi connectivity index (χ4n) is 3.56. The third kappa shape index (κ3) is 4.82. The monoisotopic (exact) mass is 444 g/mol. The van der Waals surface area contributed by atoms with Crippen LogP contribution >= 0.6 is 0 Å². The zero-order valence-corrected chi connectivity index (χ0v) is 17.9. The zero-order valence-electron chi connectivity index (χ0n) is 17.9. The molecule has 0 saturated heterocycles. The SMILES string of the molecule is CCOc1ccc2c(c1)c(=O)c(C(=O)c1ccc(F)cc1)cn2CC(=O)Nc1ccccc1. The number of carbonyl (C=O) groups excluding carboxylic acids is 2. The first-order chi connectivity index (χ1) is 16.0. The highest BCUT2D eigenvalue weighted by Crippen LogP contribution is 2.21. The summed E-state index contributed by atoms with van der Waals surface area (Å²) in [6.45, 7) is 2.11. The van der Waals surface area contributed by atoms with Gasteiger partial charge < -0.3 is 14.6 Å². The minimum atomic E-state index is -0.555. The van der Waals surface area contributed by atoms with E-state index in [1.807, 2.05) is 13.0 Å². The lowest BCUT2D eigenvalue weighted by Gasteiger charge is -2.14. The maximum Gasteiger partial charge on any atom is 0.244 e. The third-order valence-electron chi connectivity index (χ3n) is 5.09. The minimum Gasteiger partial charge on any atom is -0.494 e. The second-order valence-electron chi connectivity index (χ2n) is 7.36. The van der Waals surface area contributed by atoms with Crippen LogP contribution in [0.5, 0.6) is 5.75 Å². The molecule has 0 fully saturated rings. The standard InChI is InChI=1S/C26H21FN2O4/c1-2-33-20-12-13-23-21(14-20)26(32)22(25(31)17-8-10-18(27)11-9-17)15-29(23)16-24(30)28-19-6-4-3-5-7-19/h3-15H,2,16H2,1H3,(H,28,30). The Morgan fingerprint density at radius 3 is 2.42 bits per heavy atom. The average molecular weight is 444 g/mol. The van der Waals surface area contributed by atoms with E-state index in [0.29, 0.717) is 23.6 Å². The average Bonchev–Trinajstić information content (AvgIpc) is 2.82. The molecule has 166 valence electrons. The Morgan fingerprint density at radius 2 is 1.73 bits per heavy atom. The van der Waals surface area contributed by atoms with Crippen LogP contribution in [-0.2, 0) is 11.3 Å². The van der Waals surface area contributed by atoms with Crippen LogP contribution in [-0.4, -0.2) is 22.9 Å². The van der Waals surface area contributed by atoms with Gasteiger partial charge in [0.25, 0.3) is 0 Å². The van der Waals surface area contributed by atoms with E-state index in [0.717, 1.165) is 12.1 Å².